The molecule has 1 atom stereocenters. The zero-order valence-electron chi connectivity index (χ0n) is 15.7. The third kappa shape index (κ3) is 4.14. The molecular weight excluding hydrogens is 390 g/mol. The highest BCUT2D eigenvalue weighted by Gasteiger charge is 2.35. The molecule has 0 unspecified atom stereocenters. The smallest absolute Gasteiger partial charge is 0.328 e. The topological polar surface area (TPSA) is 101 Å². The van der Waals surface area contributed by atoms with Crippen LogP contribution in [0.3, 0.4) is 0 Å². The van der Waals surface area contributed by atoms with Gasteiger partial charge in [0.05, 0.1) is 12.9 Å². The molecule has 1 aliphatic rings. The zero-order chi connectivity index (χ0) is 20.2. The molecule has 1 amide bonds. The Morgan fingerprint density at radius 2 is 1.97 bits per heavy atom. The van der Waals surface area contributed by atoms with Gasteiger partial charge in [-0.15, -0.1) is 5.10 Å². The number of hydrogen-bond acceptors (Lipinski definition) is 7. The molecule has 3 heterocycles. The first-order valence-electron chi connectivity index (χ1n) is 9.05. The van der Waals surface area contributed by atoms with Gasteiger partial charge >= 0.3 is 5.97 Å². The summed E-state index contributed by atoms with van der Waals surface area (Å²) in [5.74, 6) is 0.177. The van der Waals surface area contributed by atoms with Gasteiger partial charge in [-0.3, -0.25) is 14.9 Å². The minimum atomic E-state index is -0.623. The number of fused-ring (bicyclic) bond motifs is 1. The molecule has 0 bridgehead atoms. The van der Waals surface area contributed by atoms with Crippen LogP contribution >= 0.6 is 11.8 Å². The minimum Gasteiger partial charge on any atom is -0.467 e. The van der Waals surface area contributed by atoms with Gasteiger partial charge in [-0.05, 0) is 23.3 Å². The van der Waals surface area contributed by atoms with Gasteiger partial charge in [-0.2, -0.15) is 0 Å². The van der Waals surface area contributed by atoms with Gasteiger partial charge in [0.2, 0.25) is 11.1 Å². The molecule has 0 fully saturated rings. The van der Waals surface area contributed by atoms with Gasteiger partial charge in [-0.25, -0.2) is 9.78 Å². The summed E-state index contributed by atoms with van der Waals surface area (Å²) < 4.78 is 4.93. The monoisotopic (exact) mass is 409 g/mol. The number of carbonyl (C=O) groups is 2. The molecule has 8 nitrogen and oxygen atoms in total. The fraction of sp³-hybridized carbons (Fsp3) is 0.250. The number of H-pyrrole nitrogens is 1. The number of amides is 1. The molecule has 29 heavy (non-hydrogen) atoms. The van der Waals surface area contributed by atoms with Crippen LogP contribution in [0.5, 0.6) is 0 Å². The summed E-state index contributed by atoms with van der Waals surface area (Å²) >= 11 is 1.23. The predicted octanol–water partition coefficient (Wildman–Crippen LogP) is 2.09. The van der Waals surface area contributed by atoms with Crippen LogP contribution in [0.1, 0.15) is 11.1 Å². The molecule has 3 aromatic rings. The van der Waals surface area contributed by atoms with Gasteiger partial charge in [0.15, 0.2) is 5.82 Å². The van der Waals surface area contributed by atoms with Crippen LogP contribution in [0.2, 0.25) is 0 Å². The number of aromatic amines is 1. The third-order valence-electron chi connectivity index (χ3n) is 4.79. The van der Waals surface area contributed by atoms with E-state index in [-0.39, 0.29) is 11.7 Å². The Bertz CT molecular complexity index is 1020. The lowest BCUT2D eigenvalue weighted by Gasteiger charge is -2.35. The number of nitrogens with zero attached hydrogens (tertiary/aromatic N) is 4. The Morgan fingerprint density at radius 3 is 2.72 bits per heavy atom. The molecule has 1 aromatic carbocycles. The molecule has 148 valence electrons. The molecule has 1 N–H and O–H groups in total. The maximum atomic E-state index is 12.9. The number of pyridine rings is 1. The second-order valence-corrected chi connectivity index (χ2v) is 7.47. The third-order valence-corrected chi connectivity index (χ3v) is 5.62. The number of benzene rings is 1. The van der Waals surface area contributed by atoms with Crippen molar-refractivity contribution in [2.24, 2.45) is 0 Å². The largest absolute Gasteiger partial charge is 0.467 e. The van der Waals surface area contributed by atoms with Crippen LogP contribution in [0.4, 0.5) is 0 Å². The number of hydrogen-bond donors (Lipinski definition) is 1. The molecule has 0 radical (unpaired) electrons. The summed E-state index contributed by atoms with van der Waals surface area (Å²) in [5, 5.41) is 7.50. The summed E-state index contributed by atoms with van der Waals surface area (Å²) in [7, 11) is 1.34. The quantitative estimate of drug-likeness (QED) is 0.509. The number of thioether (sulfide) groups is 1. The Hall–Kier alpha value is -3.20. The lowest BCUT2D eigenvalue weighted by atomic mass is 9.94. The molecule has 0 aliphatic carbocycles. The predicted molar refractivity (Wildman–Crippen MR) is 107 cm³/mol. The van der Waals surface area contributed by atoms with Crippen molar-refractivity contribution < 1.29 is 14.3 Å². The summed E-state index contributed by atoms with van der Waals surface area (Å²) in [6.07, 6.45) is 3.80. The second-order valence-electron chi connectivity index (χ2n) is 6.52. The molecule has 1 aliphatic heterocycles. The number of methoxy groups -OCH3 is 1. The molecule has 2 aromatic heterocycles. The average Bonchev–Trinajstić information content (AvgIpc) is 3.25. The van der Waals surface area contributed by atoms with Crippen LogP contribution < -0.4 is 0 Å². The van der Waals surface area contributed by atoms with Crippen molar-refractivity contribution in [1.82, 2.24) is 25.1 Å². The molecule has 9 heteroatoms. The molecule has 0 saturated carbocycles. The second kappa shape index (κ2) is 8.44. The maximum absolute atomic E-state index is 12.9. The van der Waals surface area contributed by atoms with Gasteiger partial charge in [0, 0.05) is 30.9 Å². The van der Waals surface area contributed by atoms with Crippen molar-refractivity contribution >= 4 is 23.6 Å². The van der Waals surface area contributed by atoms with Crippen molar-refractivity contribution in [3.63, 3.8) is 0 Å². The van der Waals surface area contributed by atoms with E-state index in [9.17, 15) is 9.59 Å². The maximum Gasteiger partial charge on any atom is 0.328 e. The number of esters is 1. The standard InChI is InChI=1S/C20H19N5O3S/c1-28-19(27)16-10-14-4-2-3-5-15(14)11-25(16)17(26)12-29-20-22-18(23-24-20)13-6-8-21-9-7-13/h2-9,16H,10-12H2,1H3,(H,22,23,24)/t16-/m1/s1. The van der Waals surface area contributed by atoms with Crippen LogP contribution in [0.25, 0.3) is 11.4 Å². The number of aromatic nitrogens is 4. The number of ether oxygens (including phenoxy) is 1. The van der Waals surface area contributed by atoms with Gasteiger partial charge in [-0.1, -0.05) is 36.0 Å². The Kier molecular flexibility index (Phi) is 5.57. The van der Waals surface area contributed by atoms with Crippen molar-refractivity contribution in [2.45, 2.75) is 24.2 Å². The minimum absolute atomic E-state index is 0.128. The van der Waals surface area contributed by atoms with E-state index in [0.29, 0.717) is 23.9 Å². The fourth-order valence-corrected chi connectivity index (χ4v) is 3.98. The highest BCUT2D eigenvalue weighted by Crippen LogP contribution is 2.26. The highest BCUT2D eigenvalue weighted by atomic mass is 32.2. The van der Waals surface area contributed by atoms with Gasteiger partial charge in [0.25, 0.3) is 0 Å². The van der Waals surface area contributed by atoms with E-state index in [0.717, 1.165) is 16.7 Å². The molecule has 0 saturated heterocycles. The van der Waals surface area contributed by atoms with E-state index in [1.54, 1.807) is 17.3 Å². The fourth-order valence-electron chi connectivity index (χ4n) is 3.29. The van der Waals surface area contributed by atoms with Crippen molar-refractivity contribution in [3.8, 4) is 11.4 Å². The first-order valence-corrected chi connectivity index (χ1v) is 10.0. The van der Waals surface area contributed by atoms with Gasteiger partial charge < -0.3 is 9.64 Å². The zero-order valence-corrected chi connectivity index (χ0v) is 16.6. The van der Waals surface area contributed by atoms with E-state index in [1.807, 2.05) is 36.4 Å². The SMILES string of the molecule is COC(=O)[C@H]1Cc2ccccc2CN1C(=O)CSc1n[nH]c(-c2ccncc2)n1. The van der Waals surface area contributed by atoms with Crippen molar-refractivity contribution in [1.29, 1.82) is 0 Å². The van der Waals surface area contributed by atoms with Crippen LogP contribution in [0.15, 0.2) is 53.9 Å². The Balaban J connectivity index is 1.46. The van der Waals surface area contributed by atoms with Crippen LogP contribution in [-0.2, 0) is 27.3 Å². The lowest BCUT2D eigenvalue weighted by Crippen LogP contribution is -2.49. The van der Waals surface area contributed by atoms with Crippen LogP contribution in [0, 0.1) is 0 Å². The van der Waals surface area contributed by atoms with Gasteiger partial charge in [0.1, 0.15) is 6.04 Å². The molecule has 4 rings (SSSR count). The lowest BCUT2D eigenvalue weighted by molar-refractivity contribution is -0.153. The van der Waals surface area contributed by atoms with E-state index in [1.165, 1.54) is 18.9 Å². The number of rotatable bonds is 5. The summed E-state index contributed by atoms with van der Waals surface area (Å²) in [6.45, 7) is 0.381. The Morgan fingerprint density at radius 1 is 1.21 bits per heavy atom. The highest BCUT2D eigenvalue weighted by molar-refractivity contribution is 7.99. The van der Waals surface area contributed by atoms with Crippen molar-refractivity contribution in [2.75, 3.05) is 12.9 Å². The van der Waals surface area contributed by atoms with Crippen LogP contribution in [-0.4, -0.2) is 55.8 Å². The number of nitrogens with one attached hydrogen (secondary N) is 1. The molecular formula is C20H19N5O3S. The summed E-state index contributed by atoms with van der Waals surface area (Å²) in [5.41, 5.74) is 2.98. The van der Waals surface area contributed by atoms with Crippen molar-refractivity contribution in [3.05, 3.63) is 59.9 Å². The van der Waals surface area contributed by atoms with E-state index in [4.69, 9.17) is 4.74 Å². The first-order chi connectivity index (χ1) is 14.2. The molecule has 0 spiro atoms. The number of carbonyl (C=O) groups excluding carboxylic acids is 2. The summed E-state index contributed by atoms with van der Waals surface area (Å²) in [4.78, 5) is 35.1. The normalized spacial score (nSPS) is 15.6. The summed E-state index contributed by atoms with van der Waals surface area (Å²) in [6, 6.07) is 10.9. The first kappa shape index (κ1) is 19.1. The van der Waals surface area contributed by atoms with E-state index < -0.39 is 12.0 Å². The van der Waals surface area contributed by atoms with E-state index in [2.05, 4.69) is 20.2 Å². The Labute approximate surface area is 171 Å². The van der Waals surface area contributed by atoms with E-state index >= 15 is 0 Å². The average molecular weight is 409 g/mol.